The highest BCUT2D eigenvalue weighted by molar-refractivity contribution is 8.00. The number of carbonyl (C=O) groups excluding carboxylic acids is 3. The third-order valence-corrected chi connectivity index (χ3v) is 3.96. The summed E-state index contributed by atoms with van der Waals surface area (Å²) in [5.74, 6) is -1.11. The number of halogens is 1. The van der Waals surface area contributed by atoms with E-state index in [1.54, 1.807) is 12.1 Å². The molecule has 1 rings (SSSR count). The summed E-state index contributed by atoms with van der Waals surface area (Å²) in [5.41, 5.74) is 0.361. The molecular formula is C14H16ClNO4S. The largest absolute Gasteiger partial charge is 0.469 e. The molecule has 0 aliphatic carbocycles. The second kappa shape index (κ2) is 8.69. The van der Waals surface area contributed by atoms with Crippen LogP contribution >= 0.6 is 23.4 Å². The van der Waals surface area contributed by atoms with E-state index in [1.165, 1.54) is 31.0 Å². The van der Waals surface area contributed by atoms with Crippen LogP contribution in [0.1, 0.15) is 23.7 Å². The van der Waals surface area contributed by atoms with Crippen LogP contribution in [0.5, 0.6) is 0 Å². The summed E-state index contributed by atoms with van der Waals surface area (Å²) < 4.78 is 4.54. The van der Waals surface area contributed by atoms with Crippen LogP contribution < -0.4 is 5.32 Å². The molecule has 0 aliphatic rings. The fourth-order valence-corrected chi connectivity index (χ4v) is 2.32. The Morgan fingerprint density at radius 1 is 1.29 bits per heavy atom. The average molecular weight is 330 g/mol. The second-order valence-corrected chi connectivity index (χ2v) is 6.15. The van der Waals surface area contributed by atoms with Gasteiger partial charge in [0.15, 0.2) is 0 Å². The topological polar surface area (TPSA) is 72.5 Å². The average Bonchev–Trinajstić information content (AvgIpc) is 2.45. The summed E-state index contributed by atoms with van der Waals surface area (Å²) >= 11 is 7.00. The van der Waals surface area contributed by atoms with E-state index in [4.69, 9.17) is 11.6 Å². The summed E-state index contributed by atoms with van der Waals surface area (Å²) in [7, 11) is 1.32. The zero-order valence-electron chi connectivity index (χ0n) is 11.7. The first-order valence-electron chi connectivity index (χ1n) is 6.20. The fraction of sp³-hybridized carbons (Fsp3) is 0.357. The Labute approximate surface area is 132 Å². The summed E-state index contributed by atoms with van der Waals surface area (Å²) in [5, 5.41) is 2.74. The molecule has 114 valence electrons. The lowest BCUT2D eigenvalue weighted by molar-refractivity contribution is -0.140. The molecule has 1 unspecified atom stereocenters. The highest BCUT2D eigenvalue weighted by Gasteiger charge is 2.14. The van der Waals surface area contributed by atoms with E-state index < -0.39 is 11.8 Å². The number of nitrogens with one attached hydrogen (secondary N) is 1. The Kier molecular flexibility index (Phi) is 7.25. The SMILES string of the molecule is COC(=O)CC(C)SCC(=O)NC(=O)c1ccc(Cl)cc1. The Hall–Kier alpha value is -1.53. The zero-order valence-corrected chi connectivity index (χ0v) is 13.3. The van der Waals surface area contributed by atoms with Crippen LogP contribution in [0, 0.1) is 0 Å². The van der Waals surface area contributed by atoms with Crippen molar-refractivity contribution >= 4 is 41.1 Å². The van der Waals surface area contributed by atoms with Crippen molar-refractivity contribution in [3.63, 3.8) is 0 Å². The lowest BCUT2D eigenvalue weighted by Crippen LogP contribution is -2.32. The highest BCUT2D eigenvalue weighted by atomic mass is 35.5. The Morgan fingerprint density at radius 3 is 2.48 bits per heavy atom. The van der Waals surface area contributed by atoms with Gasteiger partial charge < -0.3 is 4.74 Å². The summed E-state index contributed by atoms with van der Waals surface area (Å²) in [6.45, 7) is 1.82. The van der Waals surface area contributed by atoms with Gasteiger partial charge in [-0.15, -0.1) is 11.8 Å². The second-order valence-electron chi connectivity index (χ2n) is 4.29. The molecule has 0 fully saturated rings. The maximum atomic E-state index is 11.8. The zero-order chi connectivity index (χ0) is 15.8. The lowest BCUT2D eigenvalue weighted by Gasteiger charge is -2.09. The molecule has 0 radical (unpaired) electrons. The molecule has 0 saturated heterocycles. The van der Waals surface area contributed by atoms with Gasteiger partial charge in [0, 0.05) is 15.8 Å². The number of hydrogen-bond acceptors (Lipinski definition) is 5. The van der Waals surface area contributed by atoms with Gasteiger partial charge in [0.1, 0.15) is 0 Å². The number of amides is 2. The first-order valence-corrected chi connectivity index (χ1v) is 7.63. The van der Waals surface area contributed by atoms with Gasteiger partial charge in [-0.1, -0.05) is 18.5 Å². The molecule has 1 N–H and O–H groups in total. The molecule has 0 aliphatic heterocycles. The van der Waals surface area contributed by atoms with E-state index >= 15 is 0 Å². The minimum Gasteiger partial charge on any atom is -0.469 e. The van der Waals surface area contributed by atoms with Crippen molar-refractivity contribution in [2.24, 2.45) is 0 Å². The van der Waals surface area contributed by atoms with Gasteiger partial charge in [0.25, 0.3) is 5.91 Å². The fourth-order valence-electron chi connectivity index (χ4n) is 1.43. The van der Waals surface area contributed by atoms with Crippen molar-refractivity contribution in [3.8, 4) is 0 Å². The maximum absolute atomic E-state index is 11.8. The highest BCUT2D eigenvalue weighted by Crippen LogP contribution is 2.14. The molecule has 5 nitrogen and oxygen atoms in total. The number of ether oxygens (including phenoxy) is 1. The summed E-state index contributed by atoms with van der Waals surface area (Å²) in [6.07, 6.45) is 0.222. The van der Waals surface area contributed by atoms with Crippen LogP contribution in [0.2, 0.25) is 5.02 Å². The van der Waals surface area contributed by atoms with E-state index in [2.05, 4.69) is 10.1 Å². The third-order valence-electron chi connectivity index (χ3n) is 2.54. The minimum atomic E-state index is -0.474. The molecular weight excluding hydrogens is 314 g/mol. The molecule has 0 spiro atoms. The molecule has 2 amide bonds. The molecule has 1 aromatic rings. The van der Waals surface area contributed by atoms with Gasteiger partial charge in [-0.25, -0.2) is 0 Å². The van der Waals surface area contributed by atoms with Crippen molar-refractivity contribution in [2.75, 3.05) is 12.9 Å². The Balaban J connectivity index is 2.38. The number of methoxy groups -OCH3 is 1. The quantitative estimate of drug-likeness (QED) is 0.811. The lowest BCUT2D eigenvalue weighted by atomic mass is 10.2. The van der Waals surface area contributed by atoms with E-state index in [0.717, 1.165) is 0 Å². The van der Waals surface area contributed by atoms with Gasteiger partial charge in [-0.2, -0.15) is 0 Å². The molecule has 0 aromatic heterocycles. The molecule has 0 saturated carbocycles. The Morgan fingerprint density at radius 2 is 1.90 bits per heavy atom. The summed E-state index contributed by atoms with van der Waals surface area (Å²) in [4.78, 5) is 34.5. The van der Waals surface area contributed by atoms with Crippen LogP contribution in [-0.4, -0.2) is 35.9 Å². The number of imide groups is 1. The van der Waals surface area contributed by atoms with Crippen molar-refractivity contribution in [1.29, 1.82) is 0 Å². The Bertz CT molecular complexity index is 518. The normalized spacial score (nSPS) is 11.6. The first-order chi connectivity index (χ1) is 9.92. The van der Waals surface area contributed by atoms with Crippen LogP contribution in [0.15, 0.2) is 24.3 Å². The number of benzene rings is 1. The van der Waals surface area contributed by atoms with Crippen LogP contribution in [0.25, 0.3) is 0 Å². The van der Waals surface area contributed by atoms with Crippen molar-refractivity contribution in [1.82, 2.24) is 5.32 Å². The van der Waals surface area contributed by atoms with Crippen molar-refractivity contribution < 1.29 is 19.1 Å². The van der Waals surface area contributed by atoms with Gasteiger partial charge in [0.05, 0.1) is 19.3 Å². The van der Waals surface area contributed by atoms with E-state index in [-0.39, 0.29) is 23.4 Å². The smallest absolute Gasteiger partial charge is 0.306 e. The predicted octanol–water partition coefficient (Wildman–Crippen LogP) is 2.28. The van der Waals surface area contributed by atoms with Crippen molar-refractivity contribution in [2.45, 2.75) is 18.6 Å². The van der Waals surface area contributed by atoms with Gasteiger partial charge in [0.2, 0.25) is 5.91 Å². The predicted molar refractivity (Wildman–Crippen MR) is 82.5 cm³/mol. The van der Waals surface area contributed by atoms with Gasteiger partial charge in [-0.05, 0) is 24.3 Å². The number of carbonyl (C=O) groups is 3. The molecule has 1 atom stereocenters. The monoisotopic (exact) mass is 329 g/mol. The van der Waals surface area contributed by atoms with Gasteiger partial charge in [-0.3, -0.25) is 19.7 Å². The molecule has 0 bridgehead atoms. The maximum Gasteiger partial charge on any atom is 0.306 e. The third kappa shape index (κ3) is 6.64. The van der Waals surface area contributed by atoms with E-state index in [0.29, 0.717) is 10.6 Å². The number of thioether (sulfide) groups is 1. The van der Waals surface area contributed by atoms with Crippen LogP contribution in [0.4, 0.5) is 0 Å². The van der Waals surface area contributed by atoms with Gasteiger partial charge >= 0.3 is 5.97 Å². The number of hydrogen-bond donors (Lipinski definition) is 1. The van der Waals surface area contributed by atoms with Crippen LogP contribution in [-0.2, 0) is 14.3 Å². The minimum absolute atomic E-state index is 0.0613. The molecule has 21 heavy (non-hydrogen) atoms. The molecule has 1 aromatic carbocycles. The van der Waals surface area contributed by atoms with Crippen LogP contribution in [0.3, 0.4) is 0 Å². The standard InChI is InChI=1S/C14H16ClNO4S/c1-9(7-13(18)20-2)21-8-12(17)16-14(19)10-3-5-11(15)6-4-10/h3-6,9H,7-8H2,1-2H3,(H,16,17,19). The first kappa shape index (κ1) is 17.5. The number of esters is 1. The summed E-state index contributed by atoms with van der Waals surface area (Å²) in [6, 6.07) is 6.23. The number of rotatable bonds is 6. The van der Waals surface area contributed by atoms with E-state index in [1.807, 2.05) is 6.92 Å². The van der Waals surface area contributed by atoms with E-state index in [9.17, 15) is 14.4 Å². The molecule has 0 heterocycles. The molecule has 7 heteroatoms. The van der Waals surface area contributed by atoms with Crippen molar-refractivity contribution in [3.05, 3.63) is 34.9 Å².